The first-order chi connectivity index (χ1) is 7.99. The van der Waals surface area contributed by atoms with Crippen LogP contribution in [0.15, 0.2) is 22.9 Å². The van der Waals surface area contributed by atoms with E-state index in [2.05, 4.69) is 40.1 Å². The quantitative estimate of drug-likeness (QED) is 0.850. The largest absolute Gasteiger partial charge is 0.482 e. The highest BCUT2D eigenvalue weighted by Crippen LogP contribution is 2.12. The fraction of sp³-hybridized carbons (Fsp3) is 0.500. The Labute approximate surface area is 110 Å². The fourth-order valence-corrected chi connectivity index (χ4v) is 1.29. The van der Waals surface area contributed by atoms with Crippen LogP contribution in [0, 0.1) is 5.92 Å². The minimum absolute atomic E-state index is 0.0143. The molecule has 1 rings (SSSR count). The van der Waals surface area contributed by atoms with Crippen LogP contribution in [-0.2, 0) is 4.79 Å². The van der Waals surface area contributed by atoms with Gasteiger partial charge in [-0.3, -0.25) is 4.79 Å². The van der Waals surface area contributed by atoms with Crippen LogP contribution >= 0.6 is 15.9 Å². The molecule has 1 N–H and O–H groups in total. The van der Waals surface area contributed by atoms with Gasteiger partial charge in [-0.1, -0.05) is 13.8 Å². The predicted octanol–water partition coefficient (Wildman–Crippen LogP) is 2.38. The molecule has 1 unspecified atom stereocenters. The Bertz CT molecular complexity index is 365. The molecule has 0 aliphatic rings. The molecule has 1 aromatic rings. The molecular weight excluding hydrogens is 284 g/mol. The number of ether oxygens (including phenoxy) is 1. The van der Waals surface area contributed by atoms with Gasteiger partial charge in [0.1, 0.15) is 10.4 Å². The molecule has 1 aromatic heterocycles. The molecule has 0 saturated carbocycles. The second-order valence-electron chi connectivity index (χ2n) is 4.21. The van der Waals surface area contributed by atoms with Gasteiger partial charge in [0, 0.05) is 6.04 Å². The summed E-state index contributed by atoms with van der Waals surface area (Å²) < 4.78 is 6.05. The molecule has 0 aliphatic heterocycles. The second-order valence-corrected chi connectivity index (χ2v) is 5.02. The number of hydrogen-bond donors (Lipinski definition) is 1. The standard InChI is InChI=1S/C12H17BrN2O2/c1-8(2)9(3)15-12(16)7-17-10-4-5-11(13)14-6-10/h4-6,8-9H,7H2,1-3H3,(H,15,16). The monoisotopic (exact) mass is 300 g/mol. The number of nitrogens with one attached hydrogen (secondary N) is 1. The van der Waals surface area contributed by atoms with Crippen LogP contribution in [-0.4, -0.2) is 23.5 Å². The van der Waals surface area contributed by atoms with Gasteiger partial charge in [0.05, 0.1) is 6.20 Å². The summed E-state index contributed by atoms with van der Waals surface area (Å²) in [5.41, 5.74) is 0. The molecule has 0 bridgehead atoms. The van der Waals surface area contributed by atoms with Crippen molar-refractivity contribution in [2.75, 3.05) is 6.61 Å². The van der Waals surface area contributed by atoms with E-state index in [1.54, 1.807) is 18.3 Å². The Morgan fingerprint density at radius 1 is 1.47 bits per heavy atom. The van der Waals surface area contributed by atoms with E-state index in [1.165, 1.54) is 0 Å². The molecule has 0 fully saturated rings. The van der Waals surface area contributed by atoms with Crippen molar-refractivity contribution in [3.8, 4) is 5.75 Å². The summed E-state index contributed by atoms with van der Waals surface area (Å²) >= 11 is 3.23. The van der Waals surface area contributed by atoms with Crippen molar-refractivity contribution < 1.29 is 9.53 Å². The van der Waals surface area contributed by atoms with E-state index in [-0.39, 0.29) is 18.6 Å². The Kier molecular flexibility index (Phi) is 5.41. The van der Waals surface area contributed by atoms with Crippen molar-refractivity contribution in [1.29, 1.82) is 0 Å². The molecule has 17 heavy (non-hydrogen) atoms. The molecule has 5 heteroatoms. The average Bonchev–Trinajstić information content (AvgIpc) is 2.28. The van der Waals surface area contributed by atoms with Gasteiger partial charge in [-0.15, -0.1) is 0 Å². The van der Waals surface area contributed by atoms with E-state index in [9.17, 15) is 4.79 Å². The van der Waals surface area contributed by atoms with Crippen LogP contribution in [0.2, 0.25) is 0 Å². The summed E-state index contributed by atoms with van der Waals surface area (Å²) in [5, 5.41) is 2.87. The summed E-state index contributed by atoms with van der Waals surface area (Å²) in [5.74, 6) is 0.878. The highest BCUT2D eigenvalue weighted by atomic mass is 79.9. The van der Waals surface area contributed by atoms with E-state index >= 15 is 0 Å². The zero-order chi connectivity index (χ0) is 12.8. The Balaban J connectivity index is 2.35. The highest BCUT2D eigenvalue weighted by molar-refractivity contribution is 9.10. The molecule has 0 radical (unpaired) electrons. The number of aromatic nitrogens is 1. The predicted molar refractivity (Wildman–Crippen MR) is 69.9 cm³/mol. The Morgan fingerprint density at radius 2 is 2.18 bits per heavy atom. The molecule has 0 aromatic carbocycles. The lowest BCUT2D eigenvalue weighted by atomic mass is 10.1. The molecule has 1 heterocycles. The number of carbonyl (C=O) groups is 1. The van der Waals surface area contributed by atoms with E-state index in [0.29, 0.717) is 11.7 Å². The van der Waals surface area contributed by atoms with Crippen molar-refractivity contribution in [2.45, 2.75) is 26.8 Å². The lowest BCUT2D eigenvalue weighted by Gasteiger charge is -2.17. The van der Waals surface area contributed by atoms with Crippen molar-refractivity contribution in [3.05, 3.63) is 22.9 Å². The number of carbonyl (C=O) groups excluding carboxylic acids is 1. The maximum atomic E-state index is 11.5. The van der Waals surface area contributed by atoms with E-state index < -0.39 is 0 Å². The number of amides is 1. The maximum absolute atomic E-state index is 11.5. The zero-order valence-corrected chi connectivity index (χ0v) is 11.8. The molecule has 0 aliphatic carbocycles. The minimum atomic E-state index is -0.117. The summed E-state index contributed by atoms with van der Waals surface area (Å²) in [7, 11) is 0. The Hall–Kier alpha value is -1.10. The van der Waals surface area contributed by atoms with Crippen molar-refractivity contribution in [3.63, 3.8) is 0 Å². The first-order valence-corrected chi connectivity index (χ1v) is 6.32. The number of halogens is 1. The third-order valence-corrected chi connectivity index (χ3v) is 2.93. The smallest absolute Gasteiger partial charge is 0.258 e. The van der Waals surface area contributed by atoms with Crippen LogP contribution in [0.25, 0.3) is 0 Å². The highest BCUT2D eigenvalue weighted by Gasteiger charge is 2.10. The molecule has 4 nitrogen and oxygen atoms in total. The first kappa shape index (κ1) is 14.0. The van der Waals surface area contributed by atoms with Crippen LogP contribution in [0.1, 0.15) is 20.8 Å². The Morgan fingerprint density at radius 3 is 2.71 bits per heavy atom. The first-order valence-electron chi connectivity index (χ1n) is 5.52. The second kappa shape index (κ2) is 6.59. The SMILES string of the molecule is CC(C)C(C)NC(=O)COc1ccc(Br)nc1. The van der Waals surface area contributed by atoms with Gasteiger partial charge in [-0.05, 0) is 40.9 Å². The lowest BCUT2D eigenvalue weighted by molar-refractivity contribution is -0.124. The van der Waals surface area contributed by atoms with E-state index in [1.807, 2.05) is 6.92 Å². The van der Waals surface area contributed by atoms with Crippen LogP contribution < -0.4 is 10.1 Å². The van der Waals surface area contributed by atoms with Gasteiger partial charge in [0.25, 0.3) is 5.91 Å². The van der Waals surface area contributed by atoms with Gasteiger partial charge in [-0.25, -0.2) is 4.98 Å². The number of hydrogen-bond acceptors (Lipinski definition) is 3. The van der Waals surface area contributed by atoms with Crippen molar-refractivity contribution in [2.24, 2.45) is 5.92 Å². The van der Waals surface area contributed by atoms with E-state index in [4.69, 9.17) is 4.74 Å². The number of nitrogens with zero attached hydrogens (tertiary/aromatic N) is 1. The van der Waals surface area contributed by atoms with Gasteiger partial charge in [0.2, 0.25) is 0 Å². The summed E-state index contributed by atoms with van der Waals surface area (Å²) in [6.07, 6.45) is 1.57. The zero-order valence-electron chi connectivity index (χ0n) is 10.2. The topological polar surface area (TPSA) is 51.2 Å². The van der Waals surface area contributed by atoms with Crippen LogP contribution in [0.3, 0.4) is 0 Å². The van der Waals surface area contributed by atoms with E-state index in [0.717, 1.165) is 4.60 Å². The van der Waals surface area contributed by atoms with Crippen LogP contribution in [0.4, 0.5) is 0 Å². The molecule has 0 spiro atoms. The molecule has 94 valence electrons. The summed E-state index contributed by atoms with van der Waals surface area (Å²) in [6.45, 7) is 6.11. The van der Waals surface area contributed by atoms with Gasteiger partial charge >= 0.3 is 0 Å². The van der Waals surface area contributed by atoms with Crippen molar-refractivity contribution in [1.82, 2.24) is 10.3 Å². The normalized spacial score (nSPS) is 12.3. The molecule has 1 atom stereocenters. The average molecular weight is 301 g/mol. The minimum Gasteiger partial charge on any atom is -0.482 e. The number of pyridine rings is 1. The third kappa shape index (κ3) is 5.17. The molecule has 0 saturated heterocycles. The van der Waals surface area contributed by atoms with Crippen molar-refractivity contribution >= 4 is 21.8 Å². The van der Waals surface area contributed by atoms with Gasteiger partial charge < -0.3 is 10.1 Å². The summed E-state index contributed by atoms with van der Waals surface area (Å²) in [4.78, 5) is 15.5. The molecular formula is C12H17BrN2O2. The maximum Gasteiger partial charge on any atom is 0.258 e. The lowest BCUT2D eigenvalue weighted by Crippen LogP contribution is -2.38. The fourth-order valence-electron chi connectivity index (χ4n) is 1.06. The van der Waals surface area contributed by atoms with Gasteiger partial charge in [0.15, 0.2) is 6.61 Å². The van der Waals surface area contributed by atoms with Gasteiger partial charge in [-0.2, -0.15) is 0 Å². The number of rotatable bonds is 5. The third-order valence-electron chi connectivity index (χ3n) is 2.46. The summed E-state index contributed by atoms with van der Waals surface area (Å²) in [6, 6.07) is 3.68. The van der Waals surface area contributed by atoms with Crippen LogP contribution in [0.5, 0.6) is 5.75 Å². The molecule has 1 amide bonds.